The minimum absolute atomic E-state index is 0.679. The van der Waals surface area contributed by atoms with Gasteiger partial charge in [0.1, 0.15) is 18.3 Å². The summed E-state index contributed by atoms with van der Waals surface area (Å²) in [5, 5.41) is 27.2. The minimum atomic E-state index is -4.01. The summed E-state index contributed by atoms with van der Waals surface area (Å²) in [6.07, 6.45) is -3.78. The van der Waals surface area contributed by atoms with Gasteiger partial charge >= 0.3 is 0 Å². The van der Waals surface area contributed by atoms with Gasteiger partial charge in [0.25, 0.3) is 20.2 Å². The Morgan fingerprint density at radius 3 is 1.89 bits per heavy atom. The van der Waals surface area contributed by atoms with Gasteiger partial charge in [-0.1, -0.05) is 0 Å². The molecule has 0 aromatic carbocycles. The van der Waals surface area contributed by atoms with Gasteiger partial charge in [-0.2, -0.15) is 16.8 Å². The van der Waals surface area contributed by atoms with Gasteiger partial charge in [0.05, 0.1) is 25.7 Å². The predicted octanol–water partition coefficient (Wildman–Crippen LogP) is -2.98. The molecule has 0 aromatic rings. The summed E-state index contributed by atoms with van der Waals surface area (Å²) in [4.78, 5) is 0. The Hall–Kier alpha value is -0.300. The van der Waals surface area contributed by atoms with E-state index in [4.69, 9.17) is 10.2 Å². The second kappa shape index (κ2) is 6.75. The van der Waals surface area contributed by atoms with Crippen LogP contribution in [0.2, 0.25) is 0 Å². The van der Waals surface area contributed by atoms with E-state index in [0.29, 0.717) is 6.26 Å². The smallest absolute Gasteiger partial charge is 0.264 e. The van der Waals surface area contributed by atoms with Crippen LogP contribution in [0.5, 0.6) is 0 Å². The summed E-state index contributed by atoms with van der Waals surface area (Å²) < 4.78 is 51.9. The summed E-state index contributed by atoms with van der Waals surface area (Å²) in [5.41, 5.74) is 0. The molecule has 18 heavy (non-hydrogen) atoms. The van der Waals surface area contributed by atoms with Gasteiger partial charge in [-0.3, -0.25) is 8.37 Å². The normalized spacial score (nSPS) is 18.3. The number of aliphatic hydroxyl groups excluding tert-OH is 3. The van der Waals surface area contributed by atoms with Crippen molar-refractivity contribution < 1.29 is 40.5 Å². The molecule has 9 nitrogen and oxygen atoms in total. The molecular weight excluding hydrogens is 292 g/mol. The van der Waals surface area contributed by atoms with E-state index in [-0.39, 0.29) is 0 Å². The van der Waals surface area contributed by atoms with Crippen LogP contribution in [0.3, 0.4) is 0 Å². The molecule has 0 aliphatic rings. The topological polar surface area (TPSA) is 147 Å². The molecule has 0 spiro atoms. The Balaban J connectivity index is 4.83. The molecule has 0 amide bonds. The second-order valence-electron chi connectivity index (χ2n) is 3.57. The number of hydrogen-bond acceptors (Lipinski definition) is 9. The van der Waals surface area contributed by atoms with Crippen molar-refractivity contribution >= 4 is 20.2 Å². The van der Waals surface area contributed by atoms with Gasteiger partial charge in [0, 0.05) is 0 Å². The molecular formula is C7H16O9S2. The monoisotopic (exact) mass is 308 g/mol. The summed E-state index contributed by atoms with van der Waals surface area (Å²) >= 11 is 0. The lowest BCUT2D eigenvalue weighted by atomic mass is 10.1. The molecule has 0 aliphatic heterocycles. The zero-order chi connectivity index (χ0) is 14.6. The maximum Gasteiger partial charge on any atom is 0.264 e. The Bertz CT molecular complexity index is 440. The maximum atomic E-state index is 10.9. The molecule has 0 rings (SSSR count). The highest BCUT2D eigenvalue weighted by molar-refractivity contribution is 7.86. The van der Waals surface area contributed by atoms with Gasteiger partial charge in [-0.15, -0.1) is 0 Å². The van der Waals surface area contributed by atoms with Crippen molar-refractivity contribution in [2.24, 2.45) is 0 Å². The third-order valence-corrected chi connectivity index (χ3v) is 2.87. The quantitative estimate of drug-likeness (QED) is 0.399. The van der Waals surface area contributed by atoms with Gasteiger partial charge in [0.15, 0.2) is 0 Å². The fraction of sp³-hybridized carbons (Fsp3) is 1.00. The lowest BCUT2D eigenvalue weighted by Gasteiger charge is -2.24. The minimum Gasteiger partial charge on any atom is -0.394 e. The van der Waals surface area contributed by atoms with Crippen LogP contribution >= 0.6 is 0 Å². The van der Waals surface area contributed by atoms with Gasteiger partial charge in [-0.05, 0) is 0 Å². The van der Waals surface area contributed by atoms with Crippen molar-refractivity contribution in [3.63, 3.8) is 0 Å². The van der Waals surface area contributed by atoms with E-state index in [2.05, 4.69) is 8.37 Å². The predicted molar refractivity (Wildman–Crippen MR) is 59.6 cm³/mol. The van der Waals surface area contributed by atoms with E-state index in [1.54, 1.807) is 0 Å². The van der Waals surface area contributed by atoms with Crippen LogP contribution in [0.15, 0.2) is 0 Å². The summed E-state index contributed by atoms with van der Waals surface area (Å²) in [6, 6.07) is 0. The standard InChI is InChI=1S/C7H16O9S2/c1-17(11,12)15-4-6(16-18(2,13)14)7(10)5(9)3-8/h5-10H,3-4H2,1-2H3/t5-,6-,7+/m1/s1. The van der Waals surface area contributed by atoms with Gasteiger partial charge in [-0.25, -0.2) is 0 Å². The van der Waals surface area contributed by atoms with Gasteiger partial charge in [0.2, 0.25) is 0 Å². The average molecular weight is 308 g/mol. The zero-order valence-electron chi connectivity index (χ0n) is 9.75. The van der Waals surface area contributed by atoms with Crippen LogP contribution in [0.1, 0.15) is 0 Å². The van der Waals surface area contributed by atoms with Gasteiger partial charge < -0.3 is 15.3 Å². The van der Waals surface area contributed by atoms with E-state index in [0.717, 1.165) is 6.26 Å². The van der Waals surface area contributed by atoms with E-state index in [9.17, 15) is 21.9 Å². The summed E-state index contributed by atoms with van der Waals surface area (Å²) in [6.45, 7) is -1.67. The Morgan fingerprint density at radius 2 is 1.56 bits per heavy atom. The maximum absolute atomic E-state index is 10.9. The van der Waals surface area contributed by atoms with Crippen molar-refractivity contribution in [2.75, 3.05) is 25.7 Å². The van der Waals surface area contributed by atoms with Crippen molar-refractivity contribution in [1.82, 2.24) is 0 Å². The molecule has 3 N–H and O–H groups in total. The second-order valence-corrected chi connectivity index (χ2v) is 6.81. The van der Waals surface area contributed by atoms with Crippen molar-refractivity contribution in [3.8, 4) is 0 Å². The molecule has 0 fully saturated rings. The molecule has 0 radical (unpaired) electrons. The highest BCUT2D eigenvalue weighted by Gasteiger charge is 2.31. The van der Waals surface area contributed by atoms with Crippen LogP contribution in [0, 0.1) is 0 Å². The van der Waals surface area contributed by atoms with E-state index >= 15 is 0 Å². The molecule has 0 saturated heterocycles. The van der Waals surface area contributed by atoms with Crippen LogP contribution < -0.4 is 0 Å². The summed E-state index contributed by atoms with van der Waals surface area (Å²) in [5.74, 6) is 0. The Morgan fingerprint density at radius 1 is 1.06 bits per heavy atom. The van der Waals surface area contributed by atoms with Crippen molar-refractivity contribution in [2.45, 2.75) is 18.3 Å². The highest BCUT2D eigenvalue weighted by atomic mass is 32.2. The molecule has 0 aromatic heterocycles. The van der Waals surface area contributed by atoms with Crippen molar-refractivity contribution in [3.05, 3.63) is 0 Å². The third kappa shape index (κ3) is 7.92. The van der Waals surface area contributed by atoms with Crippen molar-refractivity contribution in [1.29, 1.82) is 0 Å². The molecule has 11 heteroatoms. The fourth-order valence-electron chi connectivity index (χ4n) is 0.954. The summed E-state index contributed by atoms with van der Waals surface area (Å²) in [7, 11) is -7.88. The fourth-order valence-corrected chi connectivity index (χ4v) is 1.95. The first-order valence-corrected chi connectivity index (χ1v) is 8.29. The van der Waals surface area contributed by atoms with Crippen LogP contribution in [-0.4, -0.2) is 76.2 Å². The number of rotatable bonds is 8. The molecule has 0 unspecified atom stereocenters. The first-order valence-electron chi connectivity index (χ1n) is 4.66. The molecule has 0 heterocycles. The molecule has 110 valence electrons. The average Bonchev–Trinajstić information content (AvgIpc) is 2.19. The van der Waals surface area contributed by atoms with Crippen LogP contribution in [0.25, 0.3) is 0 Å². The third-order valence-electron chi connectivity index (χ3n) is 1.71. The zero-order valence-corrected chi connectivity index (χ0v) is 11.4. The van der Waals surface area contributed by atoms with E-state index in [1.807, 2.05) is 0 Å². The lowest BCUT2D eigenvalue weighted by molar-refractivity contribution is -0.0756. The first-order chi connectivity index (χ1) is 7.96. The molecule has 0 bridgehead atoms. The molecule has 0 saturated carbocycles. The largest absolute Gasteiger partial charge is 0.394 e. The Kier molecular flexibility index (Phi) is 6.63. The first kappa shape index (κ1) is 17.7. The number of aliphatic hydroxyl groups is 3. The van der Waals surface area contributed by atoms with E-state index < -0.39 is 51.8 Å². The molecule has 3 atom stereocenters. The molecule has 0 aliphatic carbocycles. The lowest BCUT2D eigenvalue weighted by Crippen LogP contribution is -2.44. The number of hydrogen-bond donors (Lipinski definition) is 3. The van der Waals surface area contributed by atoms with Crippen LogP contribution in [0.4, 0.5) is 0 Å². The Labute approximate surface area is 105 Å². The SMILES string of the molecule is CS(=O)(=O)OC[C@@H](OS(C)(=O)=O)[C@@H](O)[C@H](O)CO. The van der Waals surface area contributed by atoms with Crippen LogP contribution in [-0.2, 0) is 28.6 Å². The highest BCUT2D eigenvalue weighted by Crippen LogP contribution is 2.09. The van der Waals surface area contributed by atoms with E-state index in [1.165, 1.54) is 0 Å².